The van der Waals surface area contributed by atoms with Gasteiger partial charge in [-0.15, -0.1) is 0 Å². The lowest BCUT2D eigenvalue weighted by Gasteiger charge is -2.38. The van der Waals surface area contributed by atoms with E-state index < -0.39 is 47.6 Å². The minimum Gasteiger partial charge on any atom is -0.507 e. The number of phenolic OH excluding ortho intramolecular Hbond substituents is 3. The molecule has 6 N–H and O–H groups in total. The van der Waals surface area contributed by atoms with E-state index in [1.54, 1.807) is 0 Å². The number of aliphatic hydroxyl groups is 3. The van der Waals surface area contributed by atoms with Crippen molar-refractivity contribution in [3.63, 3.8) is 0 Å². The number of benzene rings is 2. The lowest BCUT2D eigenvalue weighted by atomic mass is 10.00. The zero-order valence-corrected chi connectivity index (χ0v) is 16.2. The van der Waals surface area contributed by atoms with E-state index in [2.05, 4.69) is 0 Å². The van der Waals surface area contributed by atoms with Gasteiger partial charge in [0.15, 0.2) is 16.9 Å². The Labute approximate surface area is 174 Å². The minimum atomic E-state index is -1.57. The van der Waals surface area contributed by atoms with Crippen molar-refractivity contribution >= 4 is 11.0 Å². The number of fused-ring (bicyclic) bond motifs is 1. The van der Waals surface area contributed by atoms with Gasteiger partial charge < -0.3 is 44.5 Å². The molecule has 164 valence electrons. The number of aliphatic hydroxyl groups excluding tert-OH is 3. The first-order valence-corrected chi connectivity index (χ1v) is 9.35. The topological polar surface area (TPSA) is 170 Å². The van der Waals surface area contributed by atoms with Crippen LogP contribution < -0.4 is 10.2 Å². The van der Waals surface area contributed by atoms with Crippen LogP contribution in [0, 0.1) is 0 Å². The molecule has 2 aromatic carbocycles. The number of hydrogen-bond acceptors (Lipinski definition) is 10. The molecule has 1 saturated heterocycles. The molecule has 0 bridgehead atoms. The van der Waals surface area contributed by atoms with Gasteiger partial charge in [0.25, 0.3) is 0 Å². The first-order valence-electron chi connectivity index (χ1n) is 9.35. The predicted molar refractivity (Wildman–Crippen MR) is 106 cm³/mol. The van der Waals surface area contributed by atoms with Crippen LogP contribution in [0.3, 0.4) is 0 Å². The van der Waals surface area contributed by atoms with E-state index in [9.17, 15) is 35.4 Å². The zero-order valence-electron chi connectivity index (χ0n) is 16.2. The minimum absolute atomic E-state index is 0.0290. The summed E-state index contributed by atoms with van der Waals surface area (Å²) in [5, 5.41) is 59.2. The Morgan fingerprint density at radius 3 is 2.32 bits per heavy atom. The quantitative estimate of drug-likeness (QED) is 0.325. The summed E-state index contributed by atoms with van der Waals surface area (Å²) in [6.45, 7) is 1.49. The summed E-state index contributed by atoms with van der Waals surface area (Å²) in [7, 11) is 0. The van der Waals surface area contributed by atoms with Gasteiger partial charge in [0, 0.05) is 23.8 Å². The second-order valence-electron chi connectivity index (χ2n) is 7.29. The highest BCUT2D eigenvalue weighted by Gasteiger charge is 2.43. The summed E-state index contributed by atoms with van der Waals surface area (Å²) < 4.78 is 16.6. The molecule has 1 fully saturated rings. The Balaban J connectivity index is 1.73. The van der Waals surface area contributed by atoms with Crippen molar-refractivity contribution in [3.8, 4) is 34.3 Å². The Morgan fingerprint density at radius 2 is 1.61 bits per heavy atom. The number of phenols is 3. The van der Waals surface area contributed by atoms with Gasteiger partial charge >= 0.3 is 0 Å². The molecule has 10 nitrogen and oxygen atoms in total. The van der Waals surface area contributed by atoms with Crippen molar-refractivity contribution in [2.45, 2.75) is 37.6 Å². The number of hydrogen-bond donors (Lipinski definition) is 6. The molecule has 5 atom stereocenters. The van der Waals surface area contributed by atoms with Crippen LogP contribution in [0.15, 0.2) is 45.6 Å². The van der Waals surface area contributed by atoms with Crippen molar-refractivity contribution in [2.24, 2.45) is 0 Å². The van der Waals surface area contributed by atoms with Crippen LogP contribution in [-0.4, -0.2) is 61.3 Å². The lowest BCUT2D eigenvalue weighted by Crippen LogP contribution is -2.58. The van der Waals surface area contributed by atoms with Gasteiger partial charge in [-0.05, 0) is 25.1 Å². The molecule has 10 heteroatoms. The average Bonchev–Trinajstić information content (AvgIpc) is 2.71. The van der Waals surface area contributed by atoms with E-state index in [4.69, 9.17) is 13.9 Å². The maximum absolute atomic E-state index is 12.5. The molecule has 1 aliphatic rings. The van der Waals surface area contributed by atoms with E-state index in [-0.39, 0.29) is 28.2 Å². The third-order valence-electron chi connectivity index (χ3n) is 5.10. The SMILES string of the molecule is C[C@H]1O[C@@H](Oc2cc(O)c3c(=O)cc(-c4ccc(O)c(O)c4)oc3c2)[C@H](O)[C@@H](O)[C@@H]1O. The van der Waals surface area contributed by atoms with Gasteiger partial charge in [-0.2, -0.15) is 0 Å². The molecule has 3 aromatic rings. The Kier molecular flexibility index (Phi) is 5.23. The van der Waals surface area contributed by atoms with Crippen molar-refractivity contribution in [1.82, 2.24) is 0 Å². The first-order chi connectivity index (χ1) is 14.7. The van der Waals surface area contributed by atoms with Crippen molar-refractivity contribution in [1.29, 1.82) is 0 Å². The maximum Gasteiger partial charge on any atom is 0.229 e. The third kappa shape index (κ3) is 3.77. The van der Waals surface area contributed by atoms with E-state index in [1.165, 1.54) is 31.2 Å². The van der Waals surface area contributed by atoms with Crippen LogP contribution in [0.2, 0.25) is 0 Å². The van der Waals surface area contributed by atoms with Crippen LogP contribution in [0.25, 0.3) is 22.3 Å². The Bertz CT molecular complexity index is 1190. The van der Waals surface area contributed by atoms with Crippen LogP contribution in [0.4, 0.5) is 0 Å². The van der Waals surface area contributed by atoms with Crippen LogP contribution >= 0.6 is 0 Å². The molecule has 0 aliphatic carbocycles. The molecule has 0 radical (unpaired) electrons. The van der Waals surface area contributed by atoms with Crippen LogP contribution in [0.5, 0.6) is 23.0 Å². The molecular weight excluding hydrogens is 412 g/mol. The third-order valence-corrected chi connectivity index (χ3v) is 5.10. The molecule has 4 rings (SSSR count). The highest BCUT2D eigenvalue weighted by molar-refractivity contribution is 5.86. The fraction of sp³-hybridized carbons (Fsp3) is 0.286. The molecule has 0 saturated carbocycles. The molecule has 1 aromatic heterocycles. The Hall–Kier alpha value is -3.31. The van der Waals surface area contributed by atoms with Gasteiger partial charge in [0.2, 0.25) is 6.29 Å². The van der Waals surface area contributed by atoms with E-state index in [1.807, 2.05) is 0 Å². The number of aromatic hydroxyl groups is 3. The van der Waals surface area contributed by atoms with Gasteiger partial charge in [0.05, 0.1) is 6.10 Å². The van der Waals surface area contributed by atoms with E-state index in [0.717, 1.165) is 12.1 Å². The molecule has 31 heavy (non-hydrogen) atoms. The summed E-state index contributed by atoms with van der Waals surface area (Å²) in [4.78, 5) is 12.5. The first kappa shape index (κ1) is 20.9. The highest BCUT2D eigenvalue weighted by Crippen LogP contribution is 2.35. The second-order valence-corrected chi connectivity index (χ2v) is 7.29. The van der Waals surface area contributed by atoms with Gasteiger partial charge in [-0.1, -0.05) is 0 Å². The van der Waals surface area contributed by atoms with Crippen molar-refractivity contribution < 1.29 is 44.5 Å². The monoisotopic (exact) mass is 432 g/mol. The molecule has 0 amide bonds. The normalized spacial score (nSPS) is 26.1. The average molecular weight is 432 g/mol. The van der Waals surface area contributed by atoms with Crippen molar-refractivity contribution in [2.75, 3.05) is 0 Å². The van der Waals surface area contributed by atoms with Gasteiger partial charge in [-0.3, -0.25) is 4.79 Å². The Morgan fingerprint density at radius 1 is 0.871 bits per heavy atom. The molecule has 0 unspecified atom stereocenters. The smallest absolute Gasteiger partial charge is 0.229 e. The standard InChI is InChI=1S/C21H20O10/c1-8-18(26)19(27)20(28)21(29-8)30-10-5-13(24)17-14(25)7-15(31-16(17)6-10)9-2-3-11(22)12(23)4-9/h2-8,18-24,26-28H,1H3/t8-,18-,19+,20-,21+/m1/s1. The molecular formula is C21H20O10. The second kappa shape index (κ2) is 7.75. The highest BCUT2D eigenvalue weighted by atomic mass is 16.7. The summed E-state index contributed by atoms with van der Waals surface area (Å²) in [6.07, 6.45) is -6.56. The summed E-state index contributed by atoms with van der Waals surface area (Å²) >= 11 is 0. The summed E-state index contributed by atoms with van der Waals surface area (Å²) in [5.41, 5.74) is -0.310. The molecule has 2 heterocycles. The largest absolute Gasteiger partial charge is 0.507 e. The van der Waals surface area contributed by atoms with E-state index in [0.29, 0.717) is 5.56 Å². The summed E-state index contributed by atoms with van der Waals surface area (Å²) in [5.74, 6) is -1.16. The van der Waals surface area contributed by atoms with Crippen LogP contribution in [0.1, 0.15) is 6.92 Å². The van der Waals surface area contributed by atoms with E-state index >= 15 is 0 Å². The molecule has 0 spiro atoms. The van der Waals surface area contributed by atoms with Gasteiger partial charge in [0.1, 0.15) is 46.5 Å². The summed E-state index contributed by atoms with van der Waals surface area (Å²) in [6, 6.07) is 7.41. The van der Waals surface area contributed by atoms with Gasteiger partial charge in [-0.25, -0.2) is 0 Å². The fourth-order valence-corrected chi connectivity index (χ4v) is 3.38. The maximum atomic E-state index is 12.5. The molecule has 1 aliphatic heterocycles. The predicted octanol–water partition coefficient (Wildman–Crippen LogP) is 0.783. The fourth-order valence-electron chi connectivity index (χ4n) is 3.38. The van der Waals surface area contributed by atoms with Crippen LogP contribution in [-0.2, 0) is 4.74 Å². The zero-order chi connectivity index (χ0) is 22.4. The number of rotatable bonds is 3. The lowest BCUT2D eigenvalue weighted by molar-refractivity contribution is -0.268. The van der Waals surface area contributed by atoms with Crippen molar-refractivity contribution in [3.05, 3.63) is 46.6 Å². The number of ether oxygens (including phenoxy) is 2.